The normalized spacial score (nSPS) is 16.4. The molecule has 1 saturated heterocycles. The summed E-state index contributed by atoms with van der Waals surface area (Å²) >= 11 is 0. The van der Waals surface area contributed by atoms with Crippen molar-refractivity contribution in [1.82, 2.24) is 5.32 Å². The molecule has 3 rings (SSSR count). The minimum absolute atomic E-state index is 0.0366. The second kappa shape index (κ2) is 9.23. The second-order valence-corrected chi connectivity index (χ2v) is 8.45. The van der Waals surface area contributed by atoms with Crippen molar-refractivity contribution < 1.29 is 27.1 Å². The van der Waals surface area contributed by atoms with Gasteiger partial charge in [0, 0.05) is 18.8 Å². The molecule has 2 aromatic carbocycles. The molecule has 0 unspecified atom stereocenters. The highest BCUT2D eigenvalue weighted by Crippen LogP contribution is 2.23. The molecule has 0 radical (unpaired) electrons. The monoisotopic (exact) mass is 422 g/mol. The number of carbonyl (C=O) groups is 1. The van der Waals surface area contributed by atoms with Crippen LogP contribution in [-0.4, -0.2) is 40.2 Å². The number of amides is 1. The van der Waals surface area contributed by atoms with Gasteiger partial charge >= 0.3 is 0 Å². The van der Waals surface area contributed by atoms with E-state index in [1.807, 2.05) is 0 Å². The average molecular weight is 422 g/mol. The first kappa shape index (κ1) is 21.1. The van der Waals surface area contributed by atoms with E-state index in [4.69, 9.17) is 9.47 Å². The summed E-state index contributed by atoms with van der Waals surface area (Å²) in [5.41, 5.74) is 0.825. The van der Waals surface area contributed by atoms with E-state index in [2.05, 4.69) is 10.0 Å². The Morgan fingerprint density at radius 1 is 1.24 bits per heavy atom. The van der Waals surface area contributed by atoms with Crippen molar-refractivity contribution in [3.8, 4) is 5.75 Å². The number of benzene rings is 2. The molecule has 1 aliphatic rings. The Morgan fingerprint density at radius 2 is 2.00 bits per heavy atom. The number of nitrogens with one attached hydrogen (secondary N) is 2. The van der Waals surface area contributed by atoms with Gasteiger partial charge in [-0.2, -0.15) is 0 Å². The maximum Gasteiger partial charge on any atom is 0.261 e. The standard InChI is InChI=1S/C20H23FN2O5S/c1-14-11-18(29(25,26)23-16-6-4-15(21)5-7-16)8-9-19(14)28-13-20(24)22-12-17-3-2-10-27-17/h4-9,11,17,23H,2-3,10,12-13H2,1H3,(H,22,24)/t17-/m1/s1. The van der Waals surface area contributed by atoms with Crippen molar-refractivity contribution >= 4 is 21.6 Å². The fraction of sp³-hybridized carbons (Fsp3) is 0.350. The van der Waals surface area contributed by atoms with E-state index in [9.17, 15) is 17.6 Å². The van der Waals surface area contributed by atoms with Gasteiger partial charge in [0.1, 0.15) is 11.6 Å². The molecule has 0 aliphatic carbocycles. The molecule has 0 aromatic heterocycles. The zero-order valence-electron chi connectivity index (χ0n) is 16.0. The molecule has 2 N–H and O–H groups in total. The number of ether oxygens (including phenoxy) is 2. The van der Waals surface area contributed by atoms with E-state index < -0.39 is 15.8 Å². The minimum Gasteiger partial charge on any atom is -0.484 e. The van der Waals surface area contributed by atoms with Crippen LogP contribution >= 0.6 is 0 Å². The second-order valence-electron chi connectivity index (χ2n) is 6.77. The zero-order chi connectivity index (χ0) is 20.9. The highest BCUT2D eigenvalue weighted by Gasteiger charge is 2.18. The number of anilines is 1. The lowest BCUT2D eigenvalue weighted by Gasteiger charge is -2.13. The first-order valence-electron chi connectivity index (χ1n) is 9.23. The van der Waals surface area contributed by atoms with Gasteiger partial charge in [0.05, 0.1) is 11.0 Å². The maximum absolute atomic E-state index is 13.0. The summed E-state index contributed by atoms with van der Waals surface area (Å²) in [5, 5.41) is 2.76. The van der Waals surface area contributed by atoms with Gasteiger partial charge in [-0.05, 0) is 67.8 Å². The predicted octanol–water partition coefficient (Wildman–Crippen LogP) is 2.61. The van der Waals surface area contributed by atoms with E-state index in [1.165, 1.54) is 42.5 Å². The lowest BCUT2D eigenvalue weighted by atomic mass is 10.2. The van der Waals surface area contributed by atoms with Gasteiger partial charge in [-0.25, -0.2) is 12.8 Å². The van der Waals surface area contributed by atoms with Gasteiger partial charge in [-0.1, -0.05) is 0 Å². The van der Waals surface area contributed by atoms with Gasteiger partial charge in [0.25, 0.3) is 15.9 Å². The summed E-state index contributed by atoms with van der Waals surface area (Å²) in [6, 6.07) is 9.36. The summed E-state index contributed by atoms with van der Waals surface area (Å²) in [5.74, 6) is -0.308. The third-order valence-electron chi connectivity index (χ3n) is 4.46. The molecule has 29 heavy (non-hydrogen) atoms. The Hall–Kier alpha value is -2.65. The van der Waals surface area contributed by atoms with Gasteiger partial charge in [0.2, 0.25) is 0 Å². The number of halogens is 1. The summed E-state index contributed by atoms with van der Waals surface area (Å²) < 4.78 is 51.3. The number of rotatable bonds is 8. The topological polar surface area (TPSA) is 93.7 Å². The Kier molecular flexibility index (Phi) is 6.71. The van der Waals surface area contributed by atoms with E-state index in [0.29, 0.717) is 17.9 Å². The molecular formula is C20H23FN2O5S. The van der Waals surface area contributed by atoms with Crippen LogP contribution in [0.15, 0.2) is 47.4 Å². The van der Waals surface area contributed by atoms with Crippen LogP contribution in [0.2, 0.25) is 0 Å². The molecule has 0 bridgehead atoms. The predicted molar refractivity (Wildman–Crippen MR) is 106 cm³/mol. The third-order valence-corrected chi connectivity index (χ3v) is 5.84. The number of sulfonamides is 1. The van der Waals surface area contributed by atoms with Gasteiger partial charge in [-0.3, -0.25) is 9.52 Å². The molecule has 9 heteroatoms. The molecule has 1 atom stereocenters. The van der Waals surface area contributed by atoms with Crippen LogP contribution in [0.5, 0.6) is 5.75 Å². The maximum atomic E-state index is 13.0. The largest absolute Gasteiger partial charge is 0.484 e. The molecule has 0 spiro atoms. The first-order valence-corrected chi connectivity index (χ1v) is 10.7. The number of hydrogen-bond acceptors (Lipinski definition) is 5. The van der Waals surface area contributed by atoms with E-state index >= 15 is 0 Å². The van der Waals surface area contributed by atoms with E-state index in [-0.39, 0.29) is 29.2 Å². The van der Waals surface area contributed by atoms with Gasteiger partial charge in [-0.15, -0.1) is 0 Å². The van der Waals surface area contributed by atoms with Crippen LogP contribution in [0, 0.1) is 12.7 Å². The Labute approximate surface area is 169 Å². The van der Waals surface area contributed by atoms with Crippen molar-refractivity contribution in [2.24, 2.45) is 0 Å². The van der Waals surface area contributed by atoms with Crippen molar-refractivity contribution in [1.29, 1.82) is 0 Å². The van der Waals surface area contributed by atoms with Crippen molar-refractivity contribution in [3.05, 3.63) is 53.8 Å². The SMILES string of the molecule is Cc1cc(S(=O)(=O)Nc2ccc(F)cc2)ccc1OCC(=O)NC[C@H]1CCCO1. The summed E-state index contributed by atoms with van der Waals surface area (Å²) in [6.45, 7) is 2.69. The highest BCUT2D eigenvalue weighted by molar-refractivity contribution is 7.92. The van der Waals surface area contributed by atoms with Crippen LogP contribution in [0.3, 0.4) is 0 Å². The number of hydrogen-bond donors (Lipinski definition) is 2. The van der Waals surface area contributed by atoms with Crippen LogP contribution < -0.4 is 14.8 Å². The van der Waals surface area contributed by atoms with Crippen molar-refractivity contribution in [2.45, 2.75) is 30.8 Å². The first-order chi connectivity index (χ1) is 13.8. The van der Waals surface area contributed by atoms with Crippen LogP contribution in [-0.2, 0) is 19.6 Å². The Bertz CT molecular complexity index is 957. The molecule has 2 aromatic rings. The minimum atomic E-state index is -3.84. The quantitative estimate of drug-likeness (QED) is 0.682. The lowest BCUT2D eigenvalue weighted by molar-refractivity contribution is -0.123. The molecule has 0 saturated carbocycles. The van der Waals surface area contributed by atoms with Gasteiger partial charge < -0.3 is 14.8 Å². The molecular weight excluding hydrogens is 399 g/mol. The van der Waals surface area contributed by atoms with Crippen LogP contribution in [0.25, 0.3) is 0 Å². The molecule has 1 heterocycles. The van der Waals surface area contributed by atoms with Crippen LogP contribution in [0.1, 0.15) is 18.4 Å². The molecule has 1 fully saturated rings. The number of aryl methyl sites for hydroxylation is 1. The molecule has 1 aliphatic heterocycles. The van der Waals surface area contributed by atoms with Gasteiger partial charge in [0.15, 0.2) is 6.61 Å². The zero-order valence-corrected chi connectivity index (χ0v) is 16.8. The highest BCUT2D eigenvalue weighted by atomic mass is 32.2. The third kappa shape index (κ3) is 5.91. The van der Waals surface area contributed by atoms with E-state index in [1.54, 1.807) is 6.92 Å². The number of carbonyl (C=O) groups excluding carboxylic acids is 1. The van der Waals surface area contributed by atoms with Crippen LogP contribution in [0.4, 0.5) is 10.1 Å². The summed E-state index contributed by atoms with van der Waals surface area (Å²) in [6.07, 6.45) is 1.99. The lowest BCUT2D eigenvalue weighted by Crippen LogP contribution is -2.35. The van der Waals surface area contributed by atoms with Crippen molar-refractivity contribution in [3.63, 3.8) is 0 Å². The molecule has 156 valence electrons. The Morgan fingerprint density at radius 3 is 2.66 bits per heavy atom. The Balaban J connectivity index is 1.57. The summed E-state index contributed by atoms with van der Waals surface area (Å²) in [4.78, 5) is 12.0. The molecule has 1 amide bonds. The summed E-state index contributed by atoms with van der Waals surface area (Å²) in [7, 11) is -3.84. The average Bonchev–Trinajstić information content (AvgIpc) is 3.20. The van der Waals surface area contributed by atoms with E-state index in [0.717, 1.165) is 19.4 Å². The fourth-order valence-corrected chi connectivity index (χ4v) is 4.05. The smallest absolute Gasteiger partial charge is 0.261 e. The fourth-order valence-electron chi connectivity index (χ4n) is 2.91. The molecule has 7 nitrogen and oxygen atoms in total. The van der Waals surface area contributed by atoms with Crippen molar-refractivity contribution in [2.75, 3.05) is 24.5 Å².